The maximum absolute atomic E-state index is 4.16. The summed E-state index contributed by atoms with van der Waals surface area (Å²) in [6, 6.07) is 0. The number of aliphatic imine (C=N–C) groups is 2. The maximum atomic E-state index is 4.16. The minimum atomic E-state index is 0.860. The molecule has 0 saturated carbocycles. The van der Waals surface area contributed by atoms with E-state index in [-0.39, 0.29) is 0 Å². The number of hydrogen-bond acceptors (Lipinski definition) is 3. The first kappa shape index (κ1) is 4.32. The molecule has 0 atom stereocenters. The highest BCUT2D eigenvalue weighted by molar-refractivity contribution is 8.16. The van der Waals surface area contributed by atoms with Crippen LogP contribution < -0.4 is 0 Å². The van der Waals surface area contributed by atoms with E-state index in [2.05, 4.69) is 9.98 Å². The van der Waals surface area contributed by atoms with E-state index in [1.165, 1.54) is 0 Å². The third-order valence-electron chi connectivity index (χ3n) is 1.08. The third kappa shape index (κ3) is 0.448. The summed E-state index contributed by atoms with van der Waals surface area (Å²) >= 11 is 1.70. The Kier molecular flexibility index (Phi) is 0.784. The van der Waals surface area contributed by atoms with Crippen LogP contribution in [-0.2, 0) is 0 Å². The Labute approximate surface area is 51.4 Å². The van der Waals surface area contributed by atoms with Crippen LogP contribution in [-0.4, -0.2) is 16.6 Å². The van der Waals surface area contributed by atoms with E-state index in [9.17, 15) is 0 Å². The molecule has 0 N–H and O–H groups in total. The van der Waals surface area contributed by atoms with Crippen LogP contribution in [0.3, 0.4) is 0 Å². The lowest BCUT2D eigenvalue weighted by molar-refractivity contribution is 1.41. The lowest BCUT2D eigenvalue weighted by atomic mass is 10.4. The number of fused-ring (bicyclic) bond motifs is 1. The first-order valence-corrected chi connectivity index (χ1v) is 3.37. The van der Waals surface area contributed by atoms with Crippen LogP contribution >= 0.6 is 11.8 Å². The molecule has 0 radical (unpaired) electrons. The summed E-state index contributed by atoms with van der Waals surface area (Å²) in [4.78, 5) is 8.23. The molecule has 0 amide bonds. The normalized spacial score (nSPS) is 23.0. The smallest absolute Gasteiger partial charge is 0.123 e. The van der Waals surface area contributed by atoms with Gasteiger partial charge in [-0.25, -0.2) is 4.99 Å². The molecule has 0 fully saturated rings. The Morgan fingerprint density at radius 3 is 3.50 bits per heavy atom. The molecule has 0 aromatic rings. The SMILES string of the molecule is C1=CC2=NCSC2=N1. The highest BCUT2D eigenvalue weighted by Gasteiger charge is 2.14. The zero-order valence-electron chi connectivity index (χ0n) is 4.16. The zero-order valence-corrected chi connectivity index (χ0v) is 4.98. The maximum Gasteiger partial charge on any atom is 0.123 e. The molecular weight excluding hydrogens is 120 g/mol. The van der Waals surface area contributed by atoms with Crippen LogP contribution in [0, 0.1) is 0 Å². The summed E-state index contributed by atoms with van der Waals surface area (Å²) in [6.45, 7) is 0. The molecule has 2 rings (SSSR count). The van der Waals surface area contributed by atoms with E-state index in [4.69, 9.17) is 0 Å². The lowest BCUT2D eigenvalue weighted by Crippen LogP contribution is -1.94. The highest BCUT2D eigenvalue weighted by atomic mass is 32.2. The molecule has 2 nitrogen and oxygen atoms in total. The van der Waals surface area contributed by atoms with Crippen molar-refractivity contribution >= 4 is 22.5 Å². The zero-order chi connectivity index (χ0) is 5.40. The van der Waals surface area contributed by atoms with Crippen molar-refractivity contribution in [1.29, 1.82) is 0 Å². The number of allylic oxidation sites excluding steroid dienone is 1. The highest BCUT2D eigenvalue weighted by Crippen LogP contribution is 2.18. The molecule has 0 aromatic carbocycles. The monoisotopic (exact) mass is 124 g/mol. The topological polar surface area (TPSA) is 24.7 Å². The summed E-state index contributed by atoms with van der Waals surface area (Å²) in [5.41, 5.74) is 1.06. The van der Waals surface area contributed by atoms with Gasteiger partial charge in [-0.1, -0.05) is 11.8 Å². The van der Waals surface area contributed by atoms with Gasteiger partial charge in [0, 0.05) is 6.20 Å². The van der Waals surface area contributed by atoms with Crippen molar-refractivity contribution in [2.24, 2.45) is 9.98 Å². The third-order valence-corrected chi connectivity index (χ3v) is 1.93. The molecule has 40 valence electrons. The molecule has 0 spiro atoms. The van der Waals surface area contributed by atoms with Gasteiger partial charge in [-0.05, 0) is 6.08 Å². The summed E-state index contributed by atoms with van der Waals surface area (Å²) in [5, 5.41) is 1.09. The largest absolute Gasteiger partial charge is 0.271 e. The van der Waals surface area contributed by atoms with Crippen molar-refractivity contribution < 1.29 is 0 Å². The molecule has 0 aliphatic carbocycles. The van der Waals surface area contributed by atoms with Gasteiger partial charge in [-0.2, -0.15) is 0 Å². The Hall–Kier alpha value is -0.570. The van der Waals surface area contributed by atoms with E-state index in [1.54, 1.807) is 18.0 Å². The Bertz CT molecular complexity index is 202. The molecule has 8 heavy (non-hydrogen) atoms. The average molecular weight is 124 g/mol. The van der Waals surface area contributed by atoms with Crippen LogP contribution in [0.1, 0.15) is 0 Å². The van der Waals surface area contributed by atoms with Crippen molar-refractivity contribution in [3.05, 3.63) is 12.3 Å². The van der Waals surface area contributed by atoms with E-state index < -0.39 is 0 Å². The number of nitrogens with zero attached hydrogens (tertiary/aromatic N) is 2. The van der Waals surface area contributed by atoms with E-state index in [1.807, 2.05) is 6.08 Å². The van der Waals surface area contributed by atoms with Crippen molar-refractivity contribution in [2.75, 3.05) is 5.88 Å². The molecule has 2 heterocycles. The number of rotatable bonds is 0. The molecule has 2 aliphatic rings. The fourth-order valence-corrected chi connectivity index (χ4v) is 1.45. The van der Waals surface area contributed by atoms with E-state index in [0.717, 1.165) is 16.6 Å². The summed E-state index contributed by atoms with van der Waals surface area (Å²) in [7, 11) is 0. The van der Waals surface area contributed by atoms with Gasteiger partial charge < -0.3 is 0 Å². The Morgan fingerprint density at radius 2 is 2.62 bits per heavy atom. The van der Waals surface area contributed by atoms with Crippen molar-refractivity contribution in [3.8, 4) is 0 Å². The van der Waals surface area contributed by atoms with Crippen LogP contribution in [0.4, 0.5) is 0 Å². The summed E-state index contributed by atoms with van der Waals surface area (Å²) in [6.07, 6.45) is 3.73. The number of hydrogen-bond donors (Lipinski definition) is 0. The first-order chi connectivity index (χ1) is 3.97. The minimum absolute atomic E-state index is 0.860. The second-order valence-electron chi connectivity index (χ2n) is 1.57. The van der Waals surface area contributed by atoms with Crippen molar-refractivity contribution in [1.82, 2.24) is 0 Å². The van der Waals surface area contributed by atoms with Gasteiger partial charge in [0.1, 0.15) is 5.04 Å². The fourth-order valence-electron chi connectivity index (χ4n) is 0.707. The van der Waals surface area contributed by atoms with Gasteiger partial charge >= 0.3 is 0 Å². The molecular formula is C5H4N2S. The van der Waals surface area contributed by atoms with E-state index >= 15 is 0 Å². The molecule has 0 unspecified atom stereocenters. The molecule has 0 bridgehead atoms. The standard InChI is InChI=1S/C5H4N2S/c1-2-6-5-4(1)7-3-8-5/h1-2H,3H2. The molecule has 3 heteroatoms. The van der Waals surface area contributed by atoms with Crippen molar-refractivity contribution in [3.63, 3.8) is 0 Å². The fraction of sp³-hybridized carbons (Fsp3) is 0.200. The minimum Gasteiger partial charge on any atom is -0.271 e. The second-order valence-corrected chi connectivity index (χ2v) is 2.50. The lowest BCUT2D eigenvalue weighted by Gasteiger charge is -1.81. The van der Waals surface area contributed by atoms with E-state index in [0.29, 0.717) is 0 Å². The first-order valence-electron chi connectivity index (χ1n) is 2.39. The second kappa shape index (κ2) is 1.45. The number of thioether (sulfide) groups is 1. The van der Waals surface area contributed by atoms with Crippen LogP contribution in [0.5, 0.6) is 0 Å². The van der Waals surface area contributed by atoms with Gasteiger partial charge in [0.2, 0.25) is 0 Å². The Balaban J connectivity index is 2.49. The summed E-state index contributed by atoms with van der Waals surface area (Å²) in [5.74, 6) is 0.860. The van der Waals surface area contributed by atoms with Gasteiger partial charge in [-0.15, -0.1) is 0 Å². The van der Waals surface area contributed by atoms with Crippen molar-refractivity contribution in [2.45, 2.75) is 0 Å². The quantitative estimate of drug-likeness (QED) is 0.474. The predicted octanol–water partition coefficient (Wildman–Crippen LogP) is 1.06. The van der Waals surface area contributed by atoms with Gasteiger partial charge in [-0.3, -0.25) is 4.99 Å². The van der Waals surface area contributed by atoms with Crippen LogP contribution in [0.25, 0.3) is 0 Å². The predicted molar refractivity (Wildman–Crippen MR) is 36.5 cm³/mol. The molecule has 0 aromatic heterocycles. The van der Waals surface area contributed by atoms with Crippen LogP contribution in [0.2, 0.25) is 0 Å². The molecule has 0 saturated heterocycles. The van der Waals surface area contributed by atoms with Gasteiger partial charge in [0.05, 0.1) is 11.6 Å². The van der Waals surface area contributed by atoms with Gasteiger partial charge in [0.15, 0.2) is 0 Å². The Morgan fingerprint density at radius 1 is 1.62 bits per heavy atom. The average Bonchev–Trinajstić information content (AvgIpc) is 2.15. The van der Waals surface area contributed by atoms with Gasteiger partial charge in [0.25, 0.3) is 0 Å². The van der Waals surface area contributed by atoms with Crippen LogP contribution in [0.15, 0.2) is 22.3 Å². The summed E-state index contributed by atoms with van der Waals surface area (Å²) < 4.78 is 0. The molecule has 2 aliphatic heterocycles.